The van der Waals surface area contributed by atoms with Gasteiger partial charge in [0.25, 0.3) is 0 Å². The number of anilines is 2. The number of hydrogen-bond donors (Lipinski definition) is 2. The molecule has 2 saturated heterocycles. The molecule has 10 rings (SSSR count). The normalized spacial score (nSPS) is 16.1. The molecule has 14 heteroatoms. The number of benzene rings is 4. The van der Waals surface area contributed by atoms with E-state index in [1.54, 1.807) is 12.1 Å². The summed E-state index contributed by atoms with van der Waals surface area (Å²) < 4.78 is 9.65. The molecule has 6 heterocycles. The van der Waals surface area contributed by atoms with Crippen LogP contribution in [0.1, 0.15) is 68.7 Å². The minimum Gasteiger partial charge on any atom is -0.444 e. The molecule has 0 aliphatic carbocycles. The number of piperidine rings is 2. The van der Waals surface area contributed by atoms with E-state index >= 15 is 0 Å². The number of nitriles is 2. The molecule has 0 unspecified atom stereocenters. The number of carbonyl (C=O) groups is 1. The van der Waals surface area contributed by atoms with Gasteiger partial charge >= 0.3 is 6.09 Å². The van der Waals surface area contributed by atoms with Crippen LogP contribution in [0.5, 0.6) is 0 Å². The van der Waals surface area contributed by atoms with Crippen molar-refractivity contribution in [1.29, 1.82) is 10.5 Å². The Bertz CT molecular complexity index is 3190. The second kappa shape index (κ2) is 19.6. The monoisotopic (exact) mass is 916 g/mol. The average molecular weight is 917 g/mol. The molecule has 0 saturated carbocycles. The fourth-order valence-electron chi connectivity index (χ4n) is 9.10. The van der Waals surface area contributed by atoms with Crippen molar-refractivity contribution in [1.82, 2.24) is 34.4 Å². The minimum atomic E-state index is -0.541. The summed E-state index contributed by atoms with van der Waals surface area (Å²) in [6.45, 7) is 13.0. The summed E-state index contributed by atoms with van der Waals surface area (Å²) in [5.74, 6) is 1.57. The highest BCUT2D eigenvalue weighted by atomic mass is 16.6. The third kappa shape index (κ3) is 10.1. The van der Waals surface area contributed by atoms with Gasteiger partial charge in [-0.05, 0) is 145 Å². The van der Waals surface area contributed by atoms with Crippen molar-refractivity contribution in [2.75, 3.05) is 36.0 Å². The zero-order valence-electron chi connectivity index (χ0n) is 39.7. The Balaban J connectivity index is 0.000000175. The van der Waals surface area contributed by atoms with E-state index < -0.39 is 11.7 Å². The van der Waals surface area contributed by atoms with Crippen molar-refractivity contribution in [3.8, 4) is 46.3 Å². The number of aryl methyl sites for hydroxylation is 2. The lowest BCUT2D eigenvalue weighted by Crippen LogP contribution is -2.49. The van der Waals surface area contributed by atoms with E-state index in [1.165, 1.54) is 11.1 Å². The van der Waals surface area contributed by atoms with Crippen LogP contribution in [-0.4, -0.2) is 79.0 Å². The van der Waals surface area contributed by atoms with Crippen molar-refractivity contribution in [2.24, 2.45) is 5.73 Å². The number of hydrogen-bond acceptors (Lipinski definition) is 11. The molecule has 0 spiro atoms. The summed E-state index contributed by atoms with van der Waals surface area (Å²) in [6, 6.07) is 40.2. The topological polar surface area (TPSA) is 180 Å². The van der Waals surface area contributed by atoms with Crippen LogP contribution in [0.15, 0.2) is 122 Å². The fourth-order valence-corrected chi connectivity index (χ4v) is 9.10. The van der Waals surface area contributed by atoms with Gasteiger partial charge in [-0.3, -0.25) is 9.13 Å². The second-order valence-corrected chi connectivity index (χ2v) is 18.9. The third-order valence-electron chi connectivity index (χ3n) is 12.5. The SMILES string of the molecule is Cc1ccc(-n2c(-c3ccc(C#N)cc3)nc3c(N4CCC[C@@H](N)C4)ccnc32)cc1.Cc1ccc(-n2c(-c3ccc(C#N)cc3)nc3c(N4CCC[C@@H](NC(=O)OC(C)(C)C)C4)ccnc32)cc1. The van der Waals surface area contributed by atoms with Crippen LogP contribution in [0.4, 0.5) is 16.2 Å². The first kappa shape index (κ1) is 46.1. The lowest BCUT2D eigenvalue weighted by molar-refractivity contribution is 0.0500. The van der Waals surface area contributed by atoms with Gasteiger partial charge in [-0.25, -0.2) is 24.7 Å². The number of carbonyl (C=O) groups excluding carboxylic acids is 1. The molecule has 2 aliphatic rings. The summed E-state index contributed by atoms with van der Waals surface area (Å²) >= 11 is 0. The van der Waals surface area contributed by atoms with E-state index in [9.17, 15) is 15.3 Å². The number of nitrogens with two attached hydrogens (primary N) is 1. The summed E-state index contributed by atoms with van der Waals surface area (Å²) in [5.41, 5.74) is 18.4. The van der Waals surface area contributed by atoms with Crippen LogP contribution in [-0.2, 0) is 4.74 Å². The molecule has 2 fully saturated rings. The molecule has 1 amide bonds. The average Bonchev–Trinajstić information content (AvgIpc) is 3.94. The maximum Gasteiger partial charge on any atom is 0.407 e. The first-order valence-corrected chi connectivity index (χ1v) is 23.5. The molecule has 8 aromatic rings. The maximum atomic E-state index is 12.4. The Morgan fingerprint density at radius 3 is 1.54 bits per heavy atom. The molecular formula is C55H56N12O2. The summed E-state index contributed by atoms with van der Waals surface area (Å²) in [6.07, 6.45) is 7.23. The molecule has 2 atom stereocenters. The summed E-state index contributed by atoms with van der Waals surface area (Å²) in [5, 5.41) is 21.5. The van der Waals surface area contributed by atoms with Crippen molar-refractivity contribution in [2.45, 2.75) is 78.0 Å². The number of imidazole rings is 2. The van der Waals surface area contributed by atoms with Crippen molar-refractivity contribution >= 4 is 39.8 Å². The largest absolute Gasteiger partial charge is 0.444 e. The molecule has 14 nitrogen and oxygen atoms in total. The van der Waals surface area contributed by atoms with Gasteiger partial charge in [-0.15, -0.1) is 0 Å². The van der Waals surface area contributed by atoms with Crippen molar-refractivity contribution in [3.05, 3.63) is 144 Å². The van der Waals surface area contributed by atoms with E-state index in [2.05, 4.69) is 98.8 Å². The molecule has 0 radical (unpaired) electrons. The smallest absolute Gasteiger partial charge is 0.407 e. The molecule has 69 heavy (non-hydrogen) atoms. The quantitative estimate of drug-likeness (QED) is 0.155. The molecule has 3 N–H and O–H groups in total. The first-order chi connectivity index (χ1) is 33.3. The van der Waals surface area contributed by atoms with Gasteiger partial charge in [0.2, 0.25) is 0 Å². The van der Waals surface area contributed by atoms with Gasteiger partial charge in [0.1, 0.15) is 28.3 Å². The van der Waals surface area contributed by atoms with E-state index in [0.717, 1.165) is 113 Å². The number of nitrogens with one attached hydrogen (secondary N) is 1. The van der Waals surface area contributed by atoms with Gasteiger partial charge < -0.3 is 25.6 Å². The Labute approximate surface area is 402 Å². The highest BCUT2D eigenvalue weighted by Gasteiger charge is 2.28. The summed E-state index contributed by atoms with van der Waals surface area (Å²) in [7, 11) is 0. The third-order valence-corrected chi connectivity index (χ3v) is 12.5. The van der Waals surface area contributed by atoms with E-state index in [4.69, 9.17) is 30.4 Å². The first-order valence-electron chi connectivity index (χ1n) is 23.5. The van der Waals surface area contributed by atoms with Crippen LogP contribution < -0.4 is 20.9 Å². The highest BCUT2D eigenvalue weighted by molar-refractivity contribution is 5.92. The number of nitrogens with zero attached hydrogens (tertiary/aromatic N) is 10. The lowest BCUT2D eigenvalue weighted by atomic mass is 10.1. The van der Waals surface area contributed by atoms with Crippen LogP contribution >= 0.6 is 0 Å². The van der Waals surface area contributed by atoms with E-state index in [1.807, 2.05) is 81.7 Å². The van der Waals surface area contributed by atoms with Gasteiger partial charge in [-0.2, -0.15) is 10.5 Å². The minimum absolute atomic E-state index is 0.0287. The Hall–Kier alpha value is -8.07. The van der Waals surface area contributed by atoms with Crippen LogP contribution in [0, 0.1) is 36.5 Å². The molecular weight excluding hydrogens is 861 g/mol. The van der Waals surface area contributed by atoms with Gasteiger partial charge in [-0.1, -0.05) is 35.4 Å². The number of alkyl carbamates (subject to hydrolysis) is 1. The van der Waals surface area contributed by atoms with Crippen molar-refractivity contribution in [3.63, 3.8) is 0 Å². The standard InChI is InChI=1S/C30H32N6O2.C25H24N6/c1-20-7-13-24(14-8-20)36-27(22-11-9-21(18-31)10-12-22)34-26-25(15-16-32-28(26)36)35-17-5-6-23(19-35)33-29(37)38-30(2,3)4;1-17-4-10-21(11-5-17)31-24(19-8-6-18(15-26)7-9-19)29-23-22(12-13-28-25(23)31)30-14-2-3-20(27)16-30/h7-16,23H,5-6,17,19H2,1-4H3,(H,33,37);4-13,20H,2-3,14,16,27H2,1H3/t23-;20-/m11/s1. The Kier molecular flexibility index (Phi) is 13.1. The number of pyridine rings is 2. The zero-order chi connectivity index (χ0) is 48.2. The fraction of sp³-hybridized carbons (Fsp3) is 0.291. The molecule has 348 valence electrons. The number of aromatic nitrogens is 6. The molecule has 2 aliphatic heterocycles. The number of rotatable bonds is 7. The predicted molar refractivity (Wildman–Crippen MR) is 272 cm³/mol. The molecule has 4 aromatic heterocycles. The maximum absolute atomic E-state index is 12.4. The zero-order valence-corrected chi connectivity index (χ0v) is 39.7. The second-order valence-electron chi connectivity index (χ2n) is 18.9. The predicted octanol–water partition coefficient (Wildman–Crippen LogP) is 9.96. The van der Waals surface area contributed by atoms with E-state index in [-0.39, 0.29) is 12.1 Å². The summed E-state index contributed by atoms with van der Waals surface area (Å²) in [4.78, 5) is 36.7. The van der Waals surface area contributed by atoms with Gasteiger partial charge in [0, 0.05) is 73.2 Å². The van der Waals surface area contributed by atoms with Crippen LogP contribution in [0.2, 0.25) is 0 Å². The Morgan fingerprint density at radius 2 is 1.10 bits per heavy atom. The van der Waals surface area contributed by atoms with Crippen LogP contribution in [0.3, 0.4) is 0 Å². The number of fused-ring (bicyclic) bond motifs is 2. The highest BCUT2D eigenvalue weighted by Crippen LogP contribution is 2.36. The Morgan fingerprint density at radius 1 is 0.652 bits per heavy atom. The van der Waals surface area contributed by atoms with Gasteiger partial charge in [0.05, 0.1) is 34.6 Å². The molecule has 0 bridgehead atoms. The molecule has 4 aromatic carbocycles. The van der Waals surface area contributed by atoms with Gasteiger partial charge in [0.15, 0.2) is 11.3 Å². The van der Waals surface area contributed by atoms with Crippen LogP contribution in [0.25, 0.3) is 56.5 Å². The van der Waals surface area contributed by atoms with E-state index in [0.29, 0.717) is 17.7 Å². The lowest BCUT2D eigenvalue weighted by Gasteiger charge is -2.35. The number of ether oxygens (including phenoxy) is 1. The van der Waals surface area contributed by atoms with Crippen molar-refractivity contribution < 1.29 is 9.53 Å². The number of amides is 1.